The molecular weight excluding hydrogens is 601 g/mol. The summed E-state index contributed by atoms with van der Waals surface area (Å²) in [5.74, 6) is 0.724. The Morgan fingerprint density at radius 1 is 0.375 bits per heavy atom. The summed E-state index contributed by atoms with van der Waals surface area (Å²) in [6, 6.07) is 61.3. The lowest BCUT2D eigenvalue weighted by Gasteiger charge is -2.39. The number of fused-ring (bicyclic) bond motifs is 10. The number of hydrogen-bond acceptors (Lipinski definition) is 3. The van der Waals surface area contributed by atoms with E-state index in [9.17, 15) is 0 Å². The summed E-state index contributed by atoms with van der Waals surface area (Å²) < 4.78 is 0. The number of rotatable bonds is 3. The van der Waals surface area contributed by atoms with Crippen LogP contribution < -0.4 is 0 Å². The molecule has 0 saturated heterocycles. The van der Waals surface area contributed by atoms with Crippen molar-refractivity contribution in [2.45, 2.75) is 15.2 Å². The fourth-order valence-corrected chi connectivity index (χ4v) is 9.06. The van der Waals surface area contributed by atoms with Crippen LogP contribution in [0.2, 0.25) is 0 Å². The minimum absolute atomic E-state index is 0.389. The number of hydrogen-bond donors (Lipinski definition) is 0. The van der Waals surface area contributed by atoms with Gasteiger partial charge in [0.1, 0.15) is 0 Å². The van der Waals surface area contributed by atoms with Gasteiger partial charge in [-0.2, -0.15) is 0 Å². The van der Waals surface area contributed by atoms with E-state index in [2.05, 4.69) is 152 Å². The molecule has 2 heterocycles. The molecule has 1 aliphatic heterocycles. The second-order valence-electron chi connectivity index (χ2n) is 12.5. The van der Waals surface area contributed by atoms with Crippen molar-refractivity contribution in [1.29, 1.82) is 0 Å². The van der Waals surface area contributed by atoms with Crippen LogP contribution in [0.15, 0.2) is 180 Å². The Hall–Kier alpha value is -5.77. The first-order valence-electron chi connectivity index (χ1n) is 16.3. The normalized spacial score (nSPS) is 13.5. The molecule has 0 radical (unpaired) electrons. The van der Waals surface area contributed by atoms with Gasteiger partial charge in [0.2, 0.25) is 0 Å². The Morgan fingerprint density at radius 2 is 0.938 bits per heavy atom. The van der Waals surface area contributed by atoms with Crippen LogP contribution in [-0.2, 0) is 5.41 Å². The van der Waals surface area contributed by atoms with E-state index >= 15 is 0 Å². The summed E-state index contributed by atoms with van der Waals surface area (Å²) in [6.45, 7) is 0. The average Bonchev–Trinajstić information content (AvgIpc) is 3.45. The molecular formula is C45H28N2S. The van der Waals surface area contributed by atoms with E-state index in [0.717, 1.165) is 33.9 Å². The van der Waals surface area contributed by atoms with Crippen molar-refractivity contribution in [3.8, 4) is 45.0 Å². The maximum absolute atomic E-state index is 5.20. The number of aromatic nitrogens is 2. The molecule has 8 aromatic rings. The topological polar surface area (TPSA) is 25.8 Å². The van der Waals surface area contributed by atoms with Gasteiger partial charge in [-0.1, -0.05) is 157 Å². The largest absolute Gasteiger partial charge is 0.228 e. The van der Waals surface area contributed by atoms with Crippen LogP contribution in [0.1, 0.15) is 22.3 Å². The van der Waals surface area contributed by atoms with Gasteiger partial charge in [0.15, 0.2) is 5.82 Å². The minimum atomic E-state index is -0.389. The molecule has 2 nitrogen and oxygen atoms in total. The maximum atomic E-state index is 5.20. The molecule has 0 amide bonds. The second-order valence-corrected chi connectivity index (χ2v) is 13.6. The summed E-state index contributed by atoms with van der Waals surface area (Å²) in [5.41, 5.74) is 12.6. The van der Waals surface area contributed by atoms with Crippen molar-refractivity contribution in [2.75, 3.05) is 0 Å². The highest BCUT2D eigenvalue weighted by molar-refractivity contribution is 7.99. The summed E-state index contributed by atoms with van der Waals surface area (Å²) in [5, 5.41) is 2.41. The van der Waals surface area contributed by atoms with Gasteiger partial charge in [-0.25, -0.2) is 9.97 Å². The van der Waals surface area contributed by atoms with Crippen LogP contribution in [0.5, 0.6) is 0 Å². The Balaban J connectivity index is 1.19. The van der Waals surface area contributed by atoms with Crippen LogP contribution >= 0.6 is 11.8 Å². The van der Waals surface area contributed by atoms with Gasteiger partial charge in [-0.3, -0.25) is 0 Å². The quantitative estimate of drug-likeness (QED) is 0.195. The predicted molar refractivity (Wildman–Crippen MR) is 197 cm³/mol. The van der Waals surface area contributed by atoms with E-state index in [4.69, 9.17) is 9.97 Å². The summed E-state index contributed by atoms with van der Waals surface area (Å²) in [4.78, 5) is 12.9. The zero-order valence-corrected chi connectivity index (χ0v) is 26.8. The van der Waals surface area contributed by atoms with Gasteiger partial charge in [-0.15, -0.1) is 0 Å². The van der Waals surface area contributed by atoms with Crippen molar-refractivity contribution in [3.63, 3.8) is 0 Å². The molecule has 48 heavy (non-hydrogen) atoms. The highest BCUT2D eigenvalue weighted by atomic mass is 32.2. The predicted octanol–water partition coefficient (Wildman–Crippen LogP) is 11.5. The standard InChI is InChI=1S/C45H28N2S/c1-2-13-30(14-3-1)44-46-40(32-23-22-29-12-4-5-15-31(29)26-32)28-41(47-44)33-24-25-39-43(27-33)48-42-21-11-10-20-38(42)45(39)36-18-8-6-16-34(36)35-17-7-9-19-37(35)45/h1-28H. The fraction of sp³-hybridized carbons (Fsp3) is 0.0222. The Morgan fingerprint density at radius 3 is 1.69 bits per heavy atom. The molecule has 0 atom stereocenters. The van der Waals surface area contributed by atoms with Crippen LogP contribution in [0.3, 0.4) is 0 Å². The Labute approximate surface area is 283 Å². The van der Waals surface area contributed by atoms with E-state index in [1.807, 2.05) is 30.0 Å². The Kier molecular flexibility index (Phi) is 6.06. The van der Waals surface area contributed by atoms with Gasteiger partial charge in [-0.05, 0) is 68.4 Å². The molecule has 2 aliphatic rings. The third-order valence-corrected chi connectivity index (χ3v) is 11.1. The van der Waals surface area contributed by atoms with E-state index < -0.39 is 0 Å². The zero-order valence-electron chi connectivity index (χ0n) is 26.0. The van der Waals surface area contributed by atoms with Gasteiger partial charge >= 0.3 is 0 Å². The lowest BCUT2D eigenvalue weighted by molar-refractivity contribution is 0.722. The van der Waals surface area contributed by atoms with Crippen molar-refractivity contribution in [3.05, 3.63) is 192 Å². The van der Waals surface area contributed by atoms with Crippen molar-refractivity contribution in [1.82, 2.24) is 9.97 Å². The molecule has 1 aliphatic carbocycles. The zero-order chi connectivity index (χ0) is 31.7. The van der Waals surface area contributed by atoms with Crippen molar-refractivity contribution >= 4 is 22.5 Å². The molecule has 0 saturated carbocycles. The third kappa shape index (κ3) is 4.01. The molecule has 7 aromatic carbocycles. The lowest BCUT2D eigenvalue weighted by atomic mass is 9.67. The first-order valence-corrected chi connectivity index (χ1v) is 17.1. The van der Waals surface area contributed by atoms with Gasteiger partial charge in [0.25, 0.3) is 0 Å². The summed E-state index contributed by atoms with van der Waals surface area (Å²) >= 11 is 1.86. The first kappa shape index (κ1) is 27.4. The van der Waals surface area contributed by atoms with E-state index in [0.29, 0.717) is 0 Å². The molecule has 1 aromatic heterocycles. The van der Waals surface area contributed by atoms with Crippen LogP contribution in [-0.4, -0.2) is 9.97 Å². The molecule has 3 heteroatoms. The minimum Gasteiger partial charge on any atom is -0.228 e. The molecule has 0 N–H and O–H groups in total. The second kappa shape index (κ2) is 10.6. The molecule has 0 bridgehead atoms. The lowest BCUT2D eigenvalue weighted by Crippen LogP contribution is -2.31. The monoisotopic (exact) mass is 628 g/mol. The van der Waals surface area contributed by atoms with Crippen molar-refractivity contribution < 1.29 is 0 Å². The van der Waals surface area contributed by atoms with Gasteiger partial charge in [0, 0.05) is 26.5 Å². The average molecular weight is 629 g/mol. The summed E-state index contributed by atoms with van der Waals surface area (Å²) in [7, 11) is 0. The molecule has 1 spiro atoms. The van der Waals surface area contributed by atoms with Gasteiger partial charge < -0.3 is 0 Å². The maximum Gasteiger partial charge on any atom is 0.160 e. The Bertz CT molecular complexity index is 2510. The SMILES string of the molecule is c1ccc(-c2nc(-c3ccc4c(c3)Sc3ccccc3C43c4ccccc4-c4ccccc43)cc(-c3ccc4ccccc4c3)n2)cc1. The van der Waals surface area contributed by atoms with Gasteiger partial charge in [0.05, 0.1) is 16.8 Å². The molecule has 224 valence electrons. The first-order chi connectivity index (χ1) is 23.8. The van der Waals surface area contributed by atoms with Crippen LogP contribution in [0, 0.1) is 0 Å². The van der Waals surface area contributed by atoms with Crippen molar-refractivity contribution in [2.24, 2.45) is 0 Å². The van der Waals surface area contributed by atoms with Crippen LogP contribution in [0.4, 0.5) is 0 Å². The van der Waals surface area contributed by atoms with E-state index in [-0.39, 0.29) is 5.41 Å². The van der Waals surface area contributed by atoms with E-state index in [1.54, 1.807) is 0 Å². The molecule has 0 fully saturated rings. The number of nitrogens with zero attached hydrogens (tertiary/aromatic N) is 2. The highest BCUT2D eigenvalue weighted by Gasteiger charge is 2.50. The fourth-order valence-electron chi connectivity index (χ4n) is 7.83. The third-order valence-electron chi connectivity index (χ3n) is 9.95. The smallest absolute Gasteiger partial charge is 0.160 e. The summed E-state index contributed by atoms with van der Waals surface area (Å²) in [6.07, 6.45) is 0. The molecule has 10 rings (SSSR count). The highest BCUT2D eigenvalue weighted by Crippen LogP contribution is 2.62. The van der Waals surface area contributed by atoms with E-state index in [1.165, 1.54) is 53.9 Å². The molecule has 0 unspecified atom stereocenters. The number of benzene rings is 7. The van der Waals surface area contributed by atoms with Crippen LogP contribution in [0.25, 0.3) is 55.8 Å².